The van der Waals surface area contributed by atoms with Crippen molar-refractivity contribution in [1.82, 2.24) is 10.3 Å². The Morgan fingerprint density at radius 3 is 2.65 bits per heavy atom. The molecule has 1 heterocycles. The van der Waals surface area contributed by atoms with Crippen LogP contribution in [0.25, 0.3) is 0 Å². The van der Waals surface area contributed by atoms with Gasteiger partial charge in [-0.2, -0.15) is 0 Å². The van der Waals surface area contributed by atoms with E-state index in [1.54, 1.807) is 0 Å². The fourth-order valence-corrected chi connectivity index (χ4v) is 2.63. The summed E-state index contributed by atoms with van der Waals surface area (Å²) in [6, 6.07) is 8.59. The second kappa shape index (κ2) is 7.38. The Bertz CT molecular complexity index is 444. The Morgan fingerprint density at radius 2 is 2.00 bits per heavy atom. The molecule has 1 saturated heterocycles. The topological polar surface area (TPSA) is 67.6 Å². The summed E-state index contributed by atoms with van der Waals surface area (Å²) in [5.41, 5.74) is 4.41. The Labute approximate surface area is 120 Å². The number of carbonyl (C=O) groups excluding carboxylic acids is 1. The summed E-state index contributed by atoms with van der Waals surface area (Å²) in [5, 5.41) is 0. The number of nitrogens with one attached hydrogen (secondary N) is 1. The van der Waals surface area contributed by atoms with Crippen molar-refractivity contribution in [1.29, 1.82) is 0 Å². The number of ether oxygens (including phenoxy) is 1. The van der Waals surface area contributed by atoms with Crippen LogP contribution in [0.3, 0.4) is 0 Å². The number of amides is 1. The lowest BCUT2D eigenvalue weighted by Gasteiger charge is -2.31. The number of nitrogens with zero attached hydrogens (tertiary/aromatic N) is 1. The molecule has 3 N–H and O–H groups in total. The van der Waals surface area contributed by atoms with Gasteiger partial charge in [-0.3, -0.25) is 15.1 Å². The summed E-state index contributed by atoms with van der Waals surface area (Å²) in [6.07, 6.45) is 2.47. The van der Waals surface area contributed by atoms with Crippen molar-refractivity contribution in [2.24, 2.45) is 5.84 Å². The van der Waals surface area contributed by atoms with E-state index in [2.05, 4.69) is 23.4 Å². The molecule has 2 rings (SSSR count). The van der Waals surface area contributed by atoms with Crippen LogP contribution in [0.2, 0.25) is 0 Å². The van der Waals surface area contributed by atoms with Crippen molar-refractivity contribution in [2.75, 3.05) is 20.3 Å². The smallest absolute Gasteiger partial charge is 0.238 e. The first-order chi connectivity index (χ1) is 9.70. The maximum Gasteiger partial charge on any atom is 0.238 e. The summed E-state index contributed by atoms with van der Waals surface area (Å²) in [4.78, 5) is 13.8. The lowest BCUT2D eigenvalue weighted by molar-refractivity contribution is -0.120. The molecule has 0 aromatic heterocycles. The molecule has 1 aromatic rings. The predicted molar refractivity (Wildman–Crippen MR) is 77.8 cm³/mol. The molecule has 0 spiro atoms. The average Bonchev–Trinajstić information content (AvgIpc) is 2.50. The van der Waals surface area contributed by atoms with Crippen molar-refractivity contribution in [3.05, 3.63) is 35.4 Å². The molecule has 110 valence electrons. The van der Waals surface area contributed by atoms with E-state index in [0.29, 0.717) is 12.5 Å². The normalized spacial score (nSPS) is 16.4. The number of rotatable bonds is 5. The zero-order valence-electron chi connectivity index (χ0n) is 12.0. The van der Waals surface area contributed by atoms with Crippen molar-refractivity contribution >= 4 is 5.91 Å². The quantitative estimate of drug-likeness (QED) is 0.475. The molecular formula is C15H23N3O2. The molecule has 0 radical (unpaired) electrons. The van der Waals surface area contributed by atoms with Gasteiger partial charge >= 0.3 is 0 Å². The molecule has 0 unspecified atom stereocenters. The van der Waals surface area contributed by atoms with E-state index in [0.717, 1.165) is 38.2 Å². The predicted octanol–water partition coefficient (Wildman–Crippen LogP) is 0.830. The number of hydrazine groups is 1. The van der Waals surface area contributed by atoms with E-state index in [1.165, 1.54) is 5.56 Å². The van der Waals surface area contributed by atoms with Gasteiger partial charge in [0.05, 0.1) is 6.42 Å². The van der Waals surface area contributed by atoms with Crippen LogP contribution < -0.4 is 11.3 Å². The van der Waals surface area contributed by atoms with Crippen LogP contribution in [0.1, 0.15) is 24.0 Å². The summed E-state index contributed by atoms with van der Waals surface area (Å²) < 4.78 is 5.40. The first kappa shape index (κ1) is 15.0. The molecule has 0 atom stereocenters. The molecule has 1 fully saturated rings. The zero-order chi connectivity index (χ0) is 14.4. The number of benzene rings is 1. The van der Waals surface area contributed by atoms with Gasteiger partial charge in [-0.25, -0.2) is 5.84 Å². The molecule has 5 nitrogen and oxygen atoms in total. The van der Waals surface area contributed by atoms with Gasteiger partial charge < -0.3 is 4.74 Å². The van der Waals surface area contributed by atoms with E-state index >= 15 is 0 Å². The zero-order valence-corrected chi connectivity index (χ0v) is 12.0. The van der Waals surface area contributed by atoms with Crippen molar-refractivity contribution in [2.45, 2.75) is 31.8 Å². The minimum atomic E-state index is -0.161. The Hall–Kier alpha value is -1.43. The molecule has 1 aliphatic heterocycles. The van der Waals surface area contributed by atoms with Gasteiger partial charge in [0.15, 0.2) is 0 Å². The third-order valence-electron chi connectivity index (χ3n) is 3.86. The fraction of sp³-hybridized carbons (Fsp3) is 0.533. The highest BCUT2D eigenvalue weighted by atomic mass is 16.5. The van der Waals surface area contributed by atoms with Gasteiger partial charge in [0, 0.05) is 25.8 Å². The highest BCUT2D eigenvalue weighted by molar-refractivity contribution is 5.78. The number of hydrogen-bond donors (Lipinski definition) is 2. The maximum atomic E-state index is 11.5. The van der Waals surface area contributed by atoms with Crippen LogP contribution in [0, 0.1) is 0 Å². The van der Waals surface area contributed by atoms with Crippen LogP contribution in [-0.4, -0.2) is 37.1 Å². The number of carbonyl (C=O) groups is 1. The van der Waals surface area contributed by atoms with Crippen LogP contribution in [-0.2, 0) is 22.5 Å². The van der Waals surface area contributed by atoms with Crippen LogP contribution in [0.5, 0.6) is 0 Å². The molecule has 1 amide bonds. The third-order valence-corrected chi connectivity index (χ3v) is 3.86. The lowest BCUT2D eigenvalue weighted by Crippen LogP contribution is -2.36. The Kier molecular flexibility index (Phi) is 5.52. The highest BCUT2D eigenvalue weighted by Gasteiger charge is 2.19. The molecule has 0 saturated carbocycles. The first-order valence-electron chi connectivity index (χ1n) is 7.05. The molecule has 5 heteroatoms. The van der Waals surface area contributed by atoms with E-state index in [1.807, 2.05) is 18.2 Å². The minimum absolute atomic E-state index is 0.161. The van der Waals surface area contributed by atoms with Crippen molar-refractivity contribution in [3.63, 3.8) is 0 Å². The third kappa shape index (κ3) is 4.03. The van der Waals surface area contributed by atoms with Crippen LogP contribution in [0.4, 0.5) is 0 Å². The number of nitrogens with two attached hydrogens (primary N) is 1. The molecular weight excluding hydrogens is 254 g/mol. The SMILES string of the molecule is CN(Cc1ccccc1CC(=O)NN)C1CCOCC1. The minimum Gasteiger partial charge on any atom is -0.381 e. The monoisotopic (exact) mass is 277 g/mol. The molecule has 0 bridgehead atoms. The lowest BCUT2D eigenvalue weighted by atomic mass is 10.0. The maximum absolute atomic E-state index is 11.5. The van der Waals surface area contributed by atoms with Gasteiger partial charge in [-0.05, 0) is 31.0 Å². The molecule has 0 aliphatic carbocycles. The summed E-state index contributed by atoms with van der Waals surface area (Å²) in [6.45, 7) is 2.52. The summed E-state index contributed by atoms with van der Waals surface area (Å²) in [7, 11) is 2.13. The number of hydrogen-bond acceptors (Lipinski definition) is 4. The first-order valence-corrected chi connectivity index (χ1v) is 7.05. The second-order valence-corrected chi connectivity index (χ2v) is 5.27. The van der Waals surface area contributed by atoms with E-state index in [9.17, 15) is 4.79 Å². The van der Waals surface area contributed by atoms with Gasteiger partial charge in [0.1, 0.15) is 0 Å². The molecule has 1 aliphatic rings. The largest absolute Gasteiger partial charge is 0.381 e. The highest BCUT2D eigenvalue weighted by Crippen LogP contribution is 2.18. The van der Waals surface area contributed by atoms with Crippen LogP contribution >= 0.6 is 0 Å². The Balaban J connectivity index is 2.02. The van der Waals surface area contributed by atoms with Gasteiger partial charge in [0.2, 0.25) is 5.91 Å². The second-order valence-electron chi connectivity index (χ2n) is 5.27. The van der Waals surface area contributed by atoms with Gasteiger partial charge in [0.25, 0.3) is 0 Å². The van der Waals surface area contributed by atoms with E-state index in [-0.39, 0.29) is 5.91 Å². The molecule has 20 heavy (non-hydrogen) atoms. The van der Waals surface area contributed by atoms with E-state index in [4.69, 9.17) is 10.6 Å². The summed E-state index contributed by atoms with van der Waals surface area (Å²) >= 11 is 0. The molecule has 1 aromatic carbocycles. The van der Waals surface area contributed by atoms with Gasteiger partial charge in [-0.1, -0.05) is 24.3 Å². The van der Waals surface area contributed by atoms with E-state index < -0.39 is 0 Å². The standard InChI is InChI=1S/C15H23N3O2/c1-18(14-6-8-20-9-7-14)11-13-5-3-2-4-12(13)10-15(19)17-16/h2-5,14H,6-11,16H2,1H3,(H,17,19). The average molecular weight is 277 g/mol. The fourth-order valence-electron chi connectivity index (χ4n) is 2.63. The van der Waals surface area contributed by atoms with Crippen molar-refractivity contribution in [3.8, 4) is 0 Å². The van der Waals surface area contributed by atoms with Gasteiger partial charge in [-0.15, -0.1) is 0 Å². The summed E-state index contributed by atoms with van der Waals surface area (Å²) in [5.74, 6) is 5.00. The van der Waals surface area contributed by atoms with Crippen molar-refractivity contribution < 1.29 is 9.53 Å². The van der Waals surface area contributed by atoms with Crippen LogP contribution in [0.15, 0.2) is 24.3 Å². The Morgan fingerprint density at radius 1 is 1.35 bits per heavy atom.